The molecule has 1 atom stereocenters. The number of hydrogen-bond donors (Lipinski definition) is 0. The molecule has 17 heavy (non-hydrogen) atoms. The molecule has 4 heteroatoms. The second kappa shape index (κ2) is 4.09. The standard InChI is InChI=1S/C13H17N3O/c1-9-3-2-6-16(8-9)13-14-7-10-11(15-13)4-5-12(10)17/h7,9H,2-6,8H2,1H3/t9-/m1/s1. The van der Waals surface area contributed by atoms with E-state index in [1.165, 1.54) is 12.8 Å². The van der Waals surface area contributed by atoms with Crippen LogP contribution in [0.3, 0.4) is 0 Å². The smallest absolute Gasteiger partial charge is 0.225 e. The lowest BCUT2D eigenvalue weighted by Gasteiger charge is -2.30. The summed E-state index contributed by atoms with van der Waals surface area (Å²) in [5, 5.41) is 0. The molecule has 1 fully saturated rings. The van der Waals surface area contributed by atoms with Crippen LogP contribution in [-0.2, 0) is 6.42 Å². The summed E-state index contributed by atoms with van der Waals surface area (Å²) in [6.45, 7) is 4.34. The maximum atomic E-state index is 11.5. The summed E-state index contributed by atoms with van der Waals surface area (Å²) in [6.07, 6.45) is 5.60. The van der Waals surface area contributed by atoms with Crippen molar-refractivity contribution in [2.24, 2.45) is 5.92 Å². The van der Waals surface area contributed by atoms with Crippen molar-refractivity contribution in [3.05, 3.63) is 17.5 Å². The van der Waals surface area contributed by atoms with Crippen LogP contribution in [0.25, 0.3) is 0 Å². The van der Waals surface area contributed by atoms with Crippen LogP contribution in [0.1, 0.15) is 42.2 Å². The third kappa shape index (κ3) is 1.92. The molecule has 0 amide bonds. The second-order valence-electron chi connectivity index (χ2n) is 5.15. The Hall–Kier alpha value is -1.45. The van der Waals surface area contributed by atoms with Crippen molar-refractivity contribution in [1.29, 1.82) is 0 Å². The summed E-state index contributed by atoms with van der Waals surface area (Å²) < 4.78 is 0. The maximum Gasteiger partial charge on any atom is 0.225 e. The van der Waals surface area contributed by atoms with E-state index in [1.807, 2.05) is 0 Å². The second-order valence-corrected chi connectivity index (χ2v) is 5.15. The van der Waals surface area contributed by atoms with Gasteiger partial charge in [-0.05, 0) is 25.2 Å². The first-order valence-corrected chi connectivity index (χ1v) is 6.38. The average Bonchev–Trinajstić information content (AvgIpc) is 2.71. The van der Waals surface area contributed by atoms with Crippen LogP contribution >= 0.6 is 0 Å². The van der Waals surface area contributed by atoms with Crippen molar-refractivity contribution in [1.82, 2.24) is 9.97 Å². The molecule has 0 spiro atoms. The number of fused-ring (bicyclic) bond motifs is 1. The Bertz CT molecular complexity index is 458. The fourth-order valence-corrected chi connectivity index (χ4v) is 2.72. The Morgan fingerprint density at radius 1 is 1.41 bits per heavy atom. The van der Waals surface area contributed by atoms with Crippen LogP contribution in [-0.4, -0.2) is 28.8 Å². The van der Waals surface area contributed by atoms with Gasteiger partial charge < -0.3 is 4.90 Å². The Morgan fingerprint density at radius 2 is 2.29 bits per heavy atom. The Kier molecular flexibility index (Phi) is 2.57. The highest BCUT2D eigenvalue weighted by Gasteiger charge is 2.24. The van der Waals surface area contributed by atoms with Gasteiger partial charge in [-0.3, -0.25) is 4.79 Å². The summed E-state index contributed by atoms with van der Waals surface area (Å²) in [7, 11) is 0. The molecule has 90 valence electrons. The molecule has 4 nitrogen and oxygen atoms in total. The van der Waals surface area contributed by atoms with E-state index >= 15 is 0 Å². The van der Waals surface area contributed by atoms with Gasteiger partial charge in [-0.1, -0.05) is 6.92 Å². The minimum absolute atomic E-state index is 0.193. The van der Waals surface area contributed by atoms with Crippen LogP contribution < -0.4 is 4.90 Å². The topological polar surface area (TPSA) is 46.1 Å². The van der Waals surface area contributed by atoms with E-state index in [4.69, 9.17) is 0 Å². The largest absolute Gasteiger partial charge is 0.341 e. The van der Waals surface area contributed by atoms with Gasteiger partial charge in [-0.2, -0.15) is 0 Å². The molecule has 0 unspecified atom stereocenters. The number of rotatable bonds is 1. The van der Waals surface area contributed by atoms with Crippen molar-refractivity contribution >= 4 is 11.7 Å². The number of anilines is 1. The van der Waals surface area contributed by atoms with Gasteiger partial charge in [0.2, 0.25) is 5.95 Å². The highest BCUT2D eigenvalue weighted by atomic mass is 16.1. The van der Waals surface area contributed by atoms with E-state index in [0.717, 1.165) is 36.7 Å². The molecule has 2 aliphatic rings. The maximum absolute atomic E-state index is 11.5. The van der Waals surface area contributed by atoms with E-state index in [0.29, 0.717) is 12.3 Å². The number of carbonyl (C=O) groups is 1. The van der Waals surface area contributed by atoms with Gasteiger partial charge in [0, 0.05) is 25.7 Å². The van der Waals surface area contributed by atoms with Crippen molar-refractivity contribution in [2.45, 2.75) is 32.6 Å². The fourth-order valence-electron chi connectivity index (χ4n) is 2.72. The Balaban J connectivity index is 1.87. The highest BCUT2D eigenvalue weighted by Crippen LogP contribution is 2.24. The van der Waals surface area contributed by atoms with Gasteiger partial charge in [0.25, 0.3) is 0 Å². The normalized spacial score (nSPS) is 23.9. The minimum atomic E-state index is 0.193. The third-order valence-corrected chi connectivity index (χ3v) is 3.68. The molecule has 0 N–H and O–H groups in total. The third-order valence-electron chi connectivity index (χ3n) is 3.68. The van der Waals surface area contributed by atoms with Crippen molar-refractivity contribution in [3.63, 3.8) is 0 Å². The van der Waals surface area contributed by atoms with E-state index in [9.17, 15) is 4.79 Å². The van der Waals surface area contributed by atoms with Crippen LogP contribution in [0.2, 0.25) is 0 Å². The first-order chi connectivity index (χ1) is 8.24. The van der Waals surface area contributed by atoms with Gasteiger partial charge in [-0.25, -0.2) is 9.97 Å². The van der Waals surface area contributed by atoms with Crippen LogP contribution in [0, 0.1) is 5.92 Å². The zero-order valence-electron chi connectivity index (χ0n) is 10.1. The lowest BCUT2D eigenvalue weighted by molar-refractivity contribution is 0.0994. The van der Waals surface area contributed by atoms with Gasteiger partial charge in [0.15, 0.2) is 5.78 Å². The molecule has 2 heterocycles. The van der Waals surface area contributed by atoms with Crippen molar-refractivity contribution in [2.75, 3.05) is 18.0 Å². The molecule has 0 saturated carbocycles. The number of aryl methyl sites for hydroxylation is 1. The summed E-state index contributed by atoms with van der Waals surface area (Å²) in [5.41, 5.74) is 1.68. The lowest BCUT2D eigenvalue weighted by atomic mass is 10.0. The summed E-state index contributed by atoms with van der Waals surface area (Å²) in [5.74, 6) is 1.71. The number of aromatic nitrogens is 2. The zero-order chi connectivity index (χ0) is 11.8. The van der Waals surface area contributed by atoms with Gasteiger partial charge in [0.05, 0.1) is 11.3 Å². The Morgan fingerprint density at radius 3 is 3.12 bits per heavy atom. The molecule has 1 saturated heterocycles. The summed E-state index contributed by atoms with van der Waals surface area (Å²) in [4.78, 5) is 22.7. The lowest BCUT2D eigenvalue weighted by Crippen LogP contribution is -2.35. The molecule has 0 radical (unpaired) electrons. The number of carbonyl (C=O) groups excluding carboxylic acids is 1. The van der Waals surface area contributed by atoms with E-state index in [1.54, 1.807) is 6.20 Å². The van der Waals surface area contributed by atoms with Gasteiger partial charge >= 0.3 is 0 Å². The SMILES string of the molecule is C[C@@H]1CCCN(c2ncc3c(n2)CCC3=O)C1. The van der Waals surface area contributed by atoms with Gasteiger partial charge in [0.1, 0.15) is 0 Å². The number of piperidine rings is 1. The van der Waals surface area contributed by atoms with Crippen molar-refractivity contribution < 1.29 is 4.79 Å². The molecule has 1 aliphatic carbocycles. The molecular formula is C13H17N3O. The van der Waals surface area contributed by atoms with E-state index in [-0.39, 0.29) is 5.78 Å². The first kappa shape index (κ1) is 10.7. The number of hydrogen-bond acceptors (Lipinski definition) is 4. The van der Waals surface area contributed by atoms with Gasteiger partial charge in [-0.15, -0.1) is 0 Å². The Labute approximate surface area is 101 Å². The summed E-state index contributed by atoms with van der Waals surface area (Å²) in [6, 6.07) is 0. The fraction of sp³-hybridized carbons (Fsp3) is 0.615. The molecule has 1 aromatic heterocycles. The monoisotopic (exact) mass is 231 g/mol. The van der Waals surface area contributed by atoms with Crippen LogP contribution in [0.5, 0.6) is 0 Å². The predicted octanol–water partition coefficient (Wildman–Crippen LogP) is 1.84. The molecule has 1 aliphatic heterocycles. The minimum Gasteiger partial charge on any atom is -0.341 e. The first-order valence-electron chi connectivity index (χ1n) is 6.38. The zero-order valence-corrected chi connectivity index (χ0v) is 10.1. The molecule has 0 bridgehead atoms. The van der Waals surface area contributed by atoms with Crippen LogP contribution in [0.15, 0.2) is 6.20 Å². The number of ketones is 1. The molecule has 3 rings (SSSR count). The van der Waals surface area contributed by atoms with Crippen molar-refractivity contribution in [3.8, 4) is 0 Å². The number of nitrogens with zero attached hydrogens (tertiary/aromatic N) is 3. The average molecular weight is 231 g/mol. The quantitative estimate of drug-likeness (QED) is 0.740. The van der Waals surface area contributed by atoms with E-state index in [2.05, 4.69) is 21.8 Å². The number of Topliss-reactive ketones (excluding diaryl/α,β-unsaturated/α-hetero) is 1. The molecule has 0 aromatic carbocycles. The van der Waals surface area contributed by atoms with Crippen LogP contribution in [0.4, 0.5) is 5.95 Å². The molecule has 1 aromatic rings. The highest BCUT2D eigenvalue weighted by molar-refractivity contribution is 5.99. The summed E-state index contributed by atoms with van der Waals surface area (Å²) >= 11 is 0. The van der Waals surface area contributed by atoms with E-state index < -0.39 is 0 Å². The predicted molar refractivity (Wildman–Crippen MR) is 65.3 cm³/mol. The molecular weight excluding hydrogens is 214 g/mol.